The fraction of sp³-hybridized carbons (Fsp3) is 0.0870. The lowest BCUT2D eigenvalue weighted by molar-refractivity contribution is 0.568. The number of hydrogen-bond acceptors (Lipinski definition) is 4. The highest BCUT2D eigenvalue weighted by atomic mass is 16.3. The monoisotopic (exact) mass is 394 g/mol. The predicted molar refractivity (Wildman–Crippen MR) is 116 cm³/mol. The van der Waals surface area contributed by atoms with Crippen LogP contribution in [0.5, 0.6) is 0 Å². The predicted octanol–water partition coefficient (Wildman–Crippen LogP) is 5.08. The fourth-order valence-corrected chi connectivity index (χ4v) is 3.97. The lowest BCUT2D eigenvalue weighted by atomic mass is 10.1. The van der Waals surface area contributed by atoms with Crippen molar-refractivity contribution in [3.05, 3.63) is 67.1 Å². The molecule has 0 aliphatic heterocycles. The van der Waals surface area contributed by atoms with Crippen LogP contribution in [-0.4, -0.2) is 29.7 Å². The van der Waals surface area contributed by atoms with Gasteiger partial charge >= 0.3 is 0 Å². The average Bonchev–Trinajstić information content (AvgIpc) is 3.54. The van der Waals surface area contributed by atoms with E-state index in [2.05, 4.69) is 54.0 Å². The number of pyridine rings is 1. The summed E-state index contributed by atoms with van der Waals surface area (Å²) >= 11 is 0. The first kappa shape index (κ1) is 16.8. The van der Waals surface area contributed by atoms with Crippen LogP contribution in [0.3, 0.4) is 0 Å². The van der Waals surface area contributed by atoms with E-state index < -0.39 is 0 Å². The summed E-state index contributed by atoms with van der Waals surface area (Å²) in [4.78, 5) is 12.4. The topological polar surface area (TPSA) is 88.3 Å². The summed E-state index contributed by atoms with van der Waals surface area (Å²) in [5.74, 6) is 0.978. The smallest absolute Gasteiger partial charge is 0.138 e. The van der Waals surface area contributed by atoms with Crippen molar-refractivity contribution < 1.29 is 4.42 Å². The molecule has 7 nitrogen and oxygen atoms in total. The molecule has 0 aliphatic rings. The molecule has 0 unspecified atom stereocenters. The van der Waals surface area contributed by atoms with Crippen LogP contribution in [0.4, 0.5) is 0 Å². The minimum atomic E-state index is 0.818. The third-order valence-electron chi connectivity index (χ3n) is 5.70. The molecule has 0 saturated carbocycles. The van der Waals surface area contributed by atoms with E-state index in [1.807, 2.05) is 32.3 Å². The number of H-pyrrole nitrogens is 2. The van der Waals surface area contributed by atoms with Crippen LogP contribution in [0.1, 0.15) is 5.82 Å². The first-order valence-corrected chi connectivity index (χ1v) is 9.66. The molecule has 6 rings (SSSR count). The summed E-state index contributed by atoms with van der Waals surface area (Å²) in [6.45, 7) is 2.00. The second kappa shape index (κ2) is 6.18. The Bertz CT molecular complexity index is 1520. The Morgan fingerprint density at radius 1 is 1.00 bits per heavy atom. The van der Waals surface area contributed by atoms with Crippen molar-refractivity contribution in [3.63, 3.8) is 0 Å². The van der Waals surface area contributed by atoms with Crippen molar-refractivity contribution in [2.24, 2.45) is 7.05 Å². The molecule has 0 fully saturated rings. The SMILES string of the molecule is Cc1ncc(-c2ccc3[nH]nc(-c4cc5c(-c6ccoc6)ccnc5[nH]4)c3c2)n1C. The second-order valence-corrected chi connectivity index (χ2v) is 7.40. The second-order valence-electron chi connectivity index (χ2n) is 7.40. The van der Waals surface area contributed by atoms with Crippen LogP contribution in [0.2, 0.25) is 0 Å². The Labute approximate surface area is 171 Å². The van der Waals surface area contributed by atoms with E-state index in [-0.39, 0.29) is 0 Å². The molecule has 0 bridgehead atoms. The van der Waals surface area contributed by atoms with Gasteiger partial charge in [-0.15, -0.1) is 0 Å². The largest absolute Gasteiger partial charge is 0.472 e. The van der Waals surface area contributed by atoms with Crippen molar-refractivity contribution in [2.75, 3.05) is 0 Å². The molecule has 5 heterocycles. The first-order chi connectivity index (χ1) is 14.7. The van der Waals surface area contributed by atoms with Crippen LogP contribution in [0.15, 0.2) is 65.7 Å². The molecule has 0 amide bonds. The van der Waals surface area contributed by atoms with Crippen LogP contribution in [0, 0.1) is 6.92 Å². The molecule has 0 saturated heterocycles. The Hall–Kier alpha value is -4.13. The molecule has 146 valence electrons. The highest BCUT2D eigenvalue weighted by Gasteiger charge is 2.16. The van der Waals surface area contributed by atoms with Gasteiger partial charge in [0.2, 0.25) is 0 Å². The number of aromatic amines is 2. The number of aryl methyl sites for hydroxylation is 1. The van der Waals surface area contributed by atoms with E-state index in [9.17, 15) is 0 Å². The normalized spacial score (nSPS) is 11.7. The van der Waals surface area contributed by atoms with Gasteiger partial charge in [-0.3, -0.25) is 5.10 Å². The Morgan fingerprint density at radius 3 is 2.73 bits per heavy atom. The number of rotatable bonds is 3. The number of benzene rings is 1. The van der Waals surface area contributed by atoms with Crippen LogP contribution < -0.4 is 0 Å². The van der Waals surface area contributed by atoms with Gasteiger partial charge in [0, 0.05) is 35.1 Å². The number of nitrogens with zero attached hydrogens (tertiary/aromatic N) is 4. The number of aromatic nitrogens is 6. The van der Waals surface area contributed by atoms with E-state index in [1.54, 1.807) is 18.7 Å². The van der Waals surface area contributed by atoms with Gasteiger partial charge in [-0.05, 0) is 42.8 Å². The molecule has 1 aromatic carbocycles. The Kier molecular flexibility index (Phi) is 3.46. The van der Waals surface area contributed by atoms with Gasteiger partial charge in [0.1, 0.15) is 17.2 Å². The summed E-state index contributed by atoms with van der Waals surface area (Å²) < 4.78 is 7.35. The summed E-state index contributed by atoms with van der Waals surface area (Å²) in [6.07, 6.45) is 7.13. The van der Waals surface area contributed by atoms with Crippen molar-refractivity contribution in [3.8, 4) is 33.8 Å². The molecule has 7 heteroatoms. The average molecular weight is 394 g/mol. The minimum absolute atomic E-state index is 0.818. The molecule has 2 N–H and O–H groups in total. The van der Waals surface area contributed by atoms with Crippen LogP contribution >= 0.6 is 0 Å². The highest BCUT2D eigenvalue weighted by Crippen LogP contribution is 2.34. The molecule has 30 heavy (non-hydrogen) atoms. The molecule has 5 aromatic heterocycles. The van der Waals surface area contributed by atoms with Gasteiger partial charge in [0.15, 0.2) is 0 Å². The number of furan rings is 1. The molecule has 0 atom stereocenters. The Morgan fingerprint density at radius 2 is 1.93 bits per heavy atom. The first-order valence-electron chi connectivity index (χ1n) is 9.66. The molecular formula is C23H18N6O. The number of imidazole rings is 1. The maximum atomic E-state index is 5.27. The van der Waals surface area contributed by atoms with Crippen LogP contribution in [-0.2, 0) is 7.05 Å². The summed E-state index contributed by atoms with van der Waals surface area (Å²) in [7, 11) is 2.03. The quantitative estimate of drug-likeness (QED) is 0.438. The molecule has 0 spiro atoms. The van der Waals surface area contributed by atoms with Gasteiger partial charge in [-0.1, -0.05) is 6.07 Å². The van der Waals surface area contributed by atoms with Gasteiger partial charge < -0.3 is 14.0 Å². The van der Waals surface area contributed by atoms with E-state index in [0.717, 1.165) is 61.5 Å². The third-order valence-corrected chi connectivity index (χ3v) is 5.70. The lowest BCUT2D eigenvalue weighted by Crippen LogP contribution is -1.94. The lowest BCUT2D eigenvalue weighted by Gasteiger charge is -2.04. The minimum Gasteiger partial charge on any atom is -0.472 e. The molecule has 6 aromatic rings. The van der Waals surface area contributed by atoms with Crippen molar-refractivity contribution in [2.45, 2.75) is 6.92 Å². The zero-order valence-corrected chi connectivity index (χ0v) is 16.5. The standard InChI is InChI=1S/C23H18N6O/c1-13-25-11-21(29(13)2)14-3-4-19-18(9-14)22(28-27-19)20-10-17-16(15-6-8-30-12-15)5-7-24-23(17)26-20/h3-12H,1-2H3,(H,24,26)(H,27,28). The molecule has 0 radical (unpaired) electrons. The van der Waals surface area contributed by atoms with Crippen molar-refractivity contribution in [1.82, 2.24) is 29.7 Å². The van der Waals surface area contributed by atoms with Gasteiger partial charge in [0.25, 0.3) is 0 Å². The third kappa shape index (κ3) is 2.42. The van der Waals surface area contributed by atoms with E-state index in [4.69, 9.17) is 4.42 Å². The summed E-state index contributed by atoms with van der Waals surface area (Å²) in [5.41, 5.74) is 7.84. The maximum absolute atomic E-state index is 5.27. The highest BCUT2D eigenvalue weighted by molar-refractivity contribution is 6.00. The fourth-order valence-electron chi connectivity index (χ4n) is 3.97. The zero-order chi connectivity index (χ0) is 20.2. The van der Waals surface area contributed by atoms with Gasteiger partial charge in [-0.2, -0.15) is 5.10 Å². The Balaban J connectivity index is 1.53. The molecule has 0 aliphatic carbocycles. The van der Waals surface area contributed by atoms with Gasteiger partial charge in [-0.25, -0.2) is 9.97 Å². The summed E-state index contributed by atoms with van der Waals surface area (Å²) in [6, 6.07) is 12.3. The van der Waals surface area contributed by atoms with Crippen molar-refractivity contribution in [1.29, 1.82) is 0 Å². The number of hydrogen-bond donors (Lipinski definition) is 2. The number of fused-ring (bicyclic) bond motifs is 2. The van der Waals surface area contributed by atoms with Crippen LogP contribution in [0.25, 0.3) is 55.7 Å². The van der Waals surface area contributed by atoms with Crippen molar-refractivity contribution >= 4 is 21.9 Å². The summed E-state index contributed by atoms with van der Waals surface area (Å²) in [5, 5.41) is 9.81. The zero-order valence-electron chi connectivity index (χ0n) is 16.5. The molecular weight excluding hydrogens is 376 g/mol. The maximum Gasteiger partial charge on any atom is 0.138 e. The van der Waals surface area contributed by atoms with E-state index in [1.165, 1.54) is 0 Å². The van der Waals surface area contributed by atoms with Gasteiger partial charge in [0.05, 0.1) is 35.6 Å². The van der Waals surface area contributed by atoms with E-state index >= 15 is 0 Å². The number of nitrogens with one attached hydrogen (secondary N) is 2. The van der Waals surface area contributed by atoms with E-state index in [0.29, 0.717) is 0 Å².